The van der Waals surface area contributed by atoms with Crippen molar-refractivity contribution in [3.63, 3.8) is 0 Å². The van der Waals surface area contributed by atoms with Crippen molar-refractivity contribution in [3.05, 3.63) is 28.2 Å². The summed E-state index contributed by atoms with van der Waals surface area (Å²) in [7, 11) is 1.75. The smallest absolute Gasteiger partial charge is 0.176 e. The number of hydrogen-bond acceptors (Lipinski definition) is 7. The van der Waals surface area contributed by atoms with Crippen LogP contribution in [0.5, 0.6) is 0 Å². The molecule has 0 spiro atoms. The van der Waals surface area contributed by atoms with Gasteiger partial charge >= 0.3 is 0 Å². The molecule has 18 heavy (non-hydrogen) atoms. The van der Waals surface area contributed by atoms with Crippen LogP contribution < -0.4 is 11.3 Å². The number of hydrazine groups is 1. The summed E-state index contributed by atoms with van der Waals surface area (Å²) in [6, 6.07) is 4.33. The molecule has 0 aliphatic rings. The Bertz CT molecular complexity index is 625. The predicted molar refractivity (Wildman–Crippen MR) is 72.3 cm³/mol. The molecule has 0 aliphatic heterocycles. The van der Waals surface area contributed by atoms with E-state index in [1.54, 1.807) is 29.7 Å². The Balaban J connectivity index is 1.85. The number of nitrogens with zero attached hydrogens (tertiary/aromatic N) is 4. The van der Waals surface area contributed by atoms with E-state index in [0.717, 1.165) is 0 Å². The second kappa shape index (κ2) is 4.73. The van der Waals surface area contributed by atoms with Crippen LogP contribution in [0.3, 0.4) is 0 Å². The molecule has 8 heteroatoms. The van der Waals surface area contributed by atoms with Crippen LogP contribution in [0.25, 0.3) is 9.40 Å². The number of thiophene rings is 2. The summed E-state index contributed by atoms with van der Waals surface area (Å²) in [5, 5.41) is 14.1. The van der Waals surface area contributed by atoms with E-state index >= 15 is 0 Å². The van der Waals surface area contributed by atoms with E-state index in [2.05, 4.69) is 38.3 Å². The first-order valence-corrected chi connectivity index (χ1v) is 7.12. The summed E-state index contributed by atoms with van der Waals surface area (Å²) in [5.74, 6) is 6.32. The van der Waals surface area contributed by atoms with Crippen molar-refractivity contribution in [1.29, 1.82) is 0 Å². The lowest BCUT2D eigenvalue weighted by Crippen LogP contribution is -2.29. The quantitative estimate of drug-likeness (QED) is 0.555. The fourth-order valence-electron chi connectivity index (χ4n) is 1.79. The van der Waals surface area contributed by atoms with Crippen molar-refractivity contribution in [3.8, 4) is 0 Å². The molecule has 3 rings (SSSR count). The third kappa shape index (κ3) is 2.15. The van der Waals surface area contributed by atoms with Gasteiger partial charge in [0.15, 0.2) is 5.82 Å². The fourth-order valence-corrected chi connectivity index (χ4v) is 3.97. The van der Waals surface area contributed by atoms with Gasteiger partial charge in [0.1, 0.15) is 0 Å². The van der Waals surface area contributed by atoms with Crippen molar-refractivity contribution < 1.29 is 0 Å². The number of tetrazole rings is 1. The summed E-state index contributed by atoms with van der Waals surface area (Å²) < 4.78 is 2.59. The molecule has 0 aromatic carbocycles. The number of aryl methyl sites for hydroxylation is 1. The van der Waals surface area contributed by atoms with Gasteiger partial charge in [-0.2, -0.15) is 4.80 Å². The van der Waals surface area contributed by atoms with Gasteiger partial charge in [0, 0.05) is 20.7 Å². The molecule has 3 N–H and O–H groups in total. The van der Waals surface area contributed by atoms with E-state index in [0.29, 0.717) is 12.2 Å². The van der Waals surface area contributed by atoms with Gasteiger partial charge in [-0.25, -0.2) is 0 Å². The lowest BCUT2D eigenvalue weighted by molar-refractivity contribution is 0.544. The van der Waals surface area contributed by atoms with Crippen molar-refractivity contribution >= 4 is 32.1 Å². The van der Waals surface area contributed by atoms with E-state index in [4.69, 9.17) is 5.84 Å². The highest BCUT2D eigenvalue weighted by Crippen LogP contribution is 2.33. The average molecular weight is 280 g/mol. The molecular formula is C10H12N6S2. The van der Waals surface area contributed by atoms with E-state index < -0.39 is 0 Å². The van der Waals surface area contributed by atoms with Crippen molar-refractivity contribution in [2.45, 2.75) is 12.5 Å². The summed E-state index contributed by atoms with van der Waals surface area (Å²) in [4.78, 5) is 2.66. The number of nitrogens with two attached hydrogens (primary N) is 1. The number of aromatic nitrogens is 4. The van der Waals surface area contributed by atoms with Gasteiger partial charge in [-0.05, 0) is 22.7 Å². The zero-order chi connectivity index (χ0) is 12.5. The second-order valence-corrected chi connectivity index (χ2v) is 5.98. The Kier molecular flexibility index (Phi) is 3.08. The van der Waals surface area contributed by atoms with Gasteiger partial charge in [-0.3, -0.25) is 11.3 Å². The zero-order valence-electron chi connectivity index (χ0n) is 9.70. The molecule has 3 heterocycles. The lowest BCUT2D eigenvalue weighted by Gasteiger charge is -2.11. The molecule has 1 unspecified atom stereocenters. The maximum Gasteiger partial charge on any atom is 0.176 e. The first kappa shape index (κ1) is 11.7. The Hall–Kier alpha value is -1.35. The minimum Gasteiger partial charge on any atom is -0.271 e. The topological polar surface area (TPSA) is 81.7 Å². The molecular weight excluding hydrogens is 268 g/mol. The standard InChI is InChI=1S/C10H12N6S2/c1-16-14-10(13-15-16)4-6(12-11)8-5-9-7(18-8)2-3-17-9/h2-3,5-6,12H,4,11H2,1H3. The van der Waals surface area contributed by atoms with Crippen LogP contribution in [0.15, 0.2) is 17.5 Å². The predicted octanol–water partition coefficient (Wildman–Crippen LogP) is 1.23. The SMILES string of the molecule is Cn1nnc(CC(NN)c2cc3sccc3s2)n1. The molecule has 0 amide bonds. The molecule has 1 atom stereocenters. The highest BCUT2D eigenvalue weighted by Gasteiger charge is 2.16. The Morgan fingerprint density at radius 3 is 3.06 bits per heavy atom. The number of hydrogen-bond donors (Lipinski definition) is 2. The van der Waals surface area contributed by atoms with E-state index in [1.165, 1.54) is 19.1 Å². The highest BCUT2D eigenvalue weighted by molar-refractivity contribution is 7.26. The summed E-state index contributed by atoms with van der Waals surface area (Å²) in [6.45, 7) is 0. The molecule has 6 nitrogen and oxygen atoms in total. The minimum absolute atomic E-state index is 0.0267. The molecule has 0 bridgehead atoms. The van der Waals surface area contributed by atoms with Crippen molar-refractivity contribution in [2.24, 2.45) is 12.9 Å². The van der Waals surface area contributed by atoms with Crippen LogP contribution in [0.2, 0.25) is 0 Å². The van der Waals surface area contributed by atoms with E-state index in [1.807, 2.05) is 0 Å². The highest BCUT2D eigenvalue weighted by atomic mass is 32.1. The number of nitrogens with one attached hydrogen (secondary N) is 1. The van der Waals surface area contributed by atoms with Gasteiger partial charge in [0.05, 0.1) is 13.1 Å². The molecule has 0 saturated heterocycles. The van der Waals surface area contributed by atoms with Gasteiger partial charge in [-0.1, -0.05) is 0 Å². The molecule has 0 fully saturated rings. The van der Waals surface area contributed by atoms with E-state index in [-0.39, 0.29) is 6.04 Å². The van der Waals surface area contributed by atoms with Crippen LogP contribution >= 0.6 is 22.7 Å². The third-order valence-electron chi connectivity index (χ3n) is 2.64. The van der Waals surface area contributed by atoms with Gasteiger partial charge < -0.3 is 0 Å². The molecule has 0 aliphatic carbocycles. The van der Waals surface area contributed by atoms with E-state index in [9.17, 15) is 0 Å². The number of rotatable bonds is 4. The number of fused-ring (bicyclic) bond motifs is 1. The van der Waals surface area contributed by atoms with Crippen LogP contribution in [-0.4, -0.2) is 20.2 Å². The van der Waals surface area contributed by atoms with Crippen molar-refractivity contribution in [1.82, 2.24) is 25.6 Å². The Morgan fingerprint density at radius 1 is 1.50 bits per heavy atom. The van der Waals surface area contributed by atoms with Crippen LogP contribution in [0.1, 0.15) is 16.7 Å². The molecule has 0 radical (unpaired) electrons. The van der Waals surface area contributed by atoms with Gasteiger partial charge in [-0.15, -0.1) is 32.9 Å². The molecule has 3 aromatic rings. The third-order valence-corrected chi connectivity index (χ3v) is 4.85. The monoisotopic (exact) mass is 280 g/mol. The first-order chi connectivity index (χ1) is 8.76. The first-order valence-electron chi connectivity index (χ1n) is 5.42. The summed E-state index contributed by atoms with van der Waals surface area (Å²) in [5.41, 5.74) is 2.82. The molecule has 94 valence electrons. The lowest BCUT2D eigenvalue weighted by atomic mass is 10.2. The minimum atomic E-state index is 0.0267. The van der Waals surface area contributed by atoms with Crippen molar-refractivity contribution in [2.75, 3.05) is 0 Å². The maximum atomic E-state index is 5.63. The van der Waals surface area contributed by atoms with Crippen LogP contribution in [0.4, 0.5) is 0 Å². The van der Waals surface area contributed by atoms with Crippen LogP contribution in [0, 0.1) is 0 Å². The summed E-state index contributed by atoms with van der Waals surface area (Å²) >= 11 is 3.49. The van der Waals surface area contributed by atoms with Crippen LogP contribution in [-0.2, 0) is 13.5 Å². The Morgan fingerprint density at radius 2 is 2.39 bits per heavy atom. The summed E-state index contributed by atoms with van der Waals surface area (Å²) in [6.07, 6.45) is 0.637. The average Bonchev–Trinajstić information content (AvgIpc) is 3.00. The maximum absolute atomic E-state index is 5.63. The fraction of sp³-hybridized carbons (Fsp3) is 0.300. The zero-order valence-corrected chi connectivity index (χ0v) is 11.3. The molecule has 0 saturated carbocycles. The largest absolute Gasteiger partial charge is 0.271 e. The molecule has 3 aromatic heterocycles. The second-order valence-electron chi connectivity index (χ2n) is 3.92. The van der Waals surface area contributed by atoms with Gasteiger partial charge in [0.25, 0.3) is 0 Å². The normalized spacial score (nSPS) is 13.2. The van der Waals surface area contributed by atoms with Gasteiger partial charge in [0.2, 0.25) is 0 Å². The Labute approximate surface area is 111 Å².